The Morgan fingerprint density at radius 1 is 0.750 bits per heavy atom. The minimum absolute atomic E-state index is 0. The molecular formula is C25H32Cl2O2S3. The highest BCUT2D eigenvalue weighted by Gasteiger charge is 2.09. The minimum Gasteiger partial charge on any atom is -0.395 e. The number of thioether (sulfide) groups is 2. The highest BCUT2D eigenvalue weighted by molar-refractivity contribution is 8.03. The summed E-state index contributed by atoms with van der Waals surface area (Å²) in [6.07, 6.45) is 0. The van der Waals surface area contributed by atoms with Gasteiger partial charge in [0.05, 0.1) is 18.6 Å². The van der Waals surface area contributed by atoms with E-state index in [-0.39, 0.29) is 31.3 Å². The summed E-state index contributed by atoms with van der Waals surface area (Å²) >= 11 is 18.0. The van der Waals surface area contributed by atoms with E-state index in [2.05, 4.69) is 36.9 Å². The Balaban J connectivity index is 0.000000567. The number of aliphatic hydroxyl groups excluding tert-OH is 2. The molecule has 0 fully saturated rings. The maximum Gasteiger partial charge on any atom is 0.0702 e. The Bertz CT molecular complexity index is 777. The number of aliphatic hydroxyl groups is 2. The first-order valence-electron chi connectivity index (χ1n) is 9.64. The van der Waals surface area contributed by atoms with Gasteiger partial charge in [-0.3, -0.25) is 0 Å². The molecule has 0 aliphatic rings. The van der Waals surface area contributed by atoms with Gasteiger partial charge >= 0.3 is 0 Å². The smallest absolute Gasteiger partial charge is 0.0702 e. The molecule has 3 aromatic carbocycles. The standard InChI is InChI=1S/C15H16OS2.C6H6S.C3H6Cl2O.CH4/c16-11-15(18-14-9-5-2-6-10-14)12-17-13-7-3-1-4-8-13;7-6-4-2-1-3-5-6;4-1-3(5)2-6;/h1-10,15-16H,11-12H2;1-5,7H;3,6H,1-2H2;1H4. The fraction of sp³-hybridized carbons (Fsp3) is 0.280. The normalized spacial score (nSPS) is 11.5. The quantitative estimate of drug-likeness (QED) is 0.161. The van der Waals surface area contributed by atoms with Crippen LogP contribution in [0.2, 0.25) is 0 Å². The molecule has 3 aromatic rings. The van der Waals surface area contributed by atoms with E-state index < -0.39 is 0 Å². The summed E-state index contributed by atoms with van der Waals surface area (Å²) in [6.45, 7) is 0.171. The Labute approximate surface area is 217 Å². The Kier molecular flexibility index (Phi) is 20.3. The van der Waals surface area contributed by atoms with E-state index in [0.29, 0.717) is 5.88 Å². The molecule has 0 spiro atoms. The number of halogens is 2. The monoisotopic (exact) mass is 530 g/mol. The highest BCUT2D eigenvalue weighted by atomic mass is 35.5. The average molecular weight is 532 g/mol. The SMILES string of the molecule is C.OCC(CSc1ccccc1)Sc1ccccc1.OCC(Cl)CCl.Sc1ccccc1. The average Bonchev–Trinajstić information content (AvgIpc) is 2.84. The van der Waals surface area contributed by atoms with Crippen molar-refractivity contribution < 1.29 is 10.2 Å². The van der Waals surface area contributed by atoms with Gasteiger partial charge in [0.25, 0.3) is 0 Å². The zero-order valence-corrected chi connectivity index (χ0v) is 21.1. The molecule has 32 heavy (non-hydrogen) atoms. The van der Waals surface area contributed by atoms with Crippen LogP contribution in [0.4, 0.5) is 0 Å². The van der Waals surface area contributed by atoms with Crippen LogP contribution in [-0.2, 0) is 0 Å². The van der Waals surface area contributed by atoms with Gasteiger partial charge in [-0.15, -0.1) is 59.4 Å². The first-order valence-corrected chi connectivity index (χ1v) is 12.9. The van der Waals surface area contributed by atoms with Crippen LogP contribution >= 0.6 is 59.4 Å². The molecule has 0 amide bonds. The van der Waals surface area contributed by atoms with Crippen molar-refractivity contribution in [3.05, 3.63) is 91.0 Å². The Morgan fingerprint density at radius 2 is 1.22 bits per heavy atom. The molecule has 176 valence electrons. The molecule has 0 bridgehead atoms. The van der Waals surface area contributed by atoms with Gasteiger partial charge in [-0.2, -0.15) is 0 Å². The van der Waals surface area contributed by atoms with E-state index >= 15 is 0 Å². The fourth-order valence-corrected chi connectivity index (χ4v) is 4.35. The summed E-state index contributed by atoms with van der Waals surface area (Å²) in [4.78, 5) is 3.48. The zero-order chi connectivity index (χ0) is 22.7. The van der Waals surface area contributed by atoms with Crippen molar-refractivity contribution in [1.29, 1.82) is 0 Å². The molecule has 0 aliphatic heterocycles. The third kappa shape index (κ3) is 15.9. The molecule has 0 radical (unpaired) electrons. The summed E-state index contributed by atoms with van der Waals surface area (Å²) in [5, 5.41) is 17.5. The summed E-state index contributed by atoms with van der Waals surface area (Å²) in [5.74, 6) is 1.23. The van der Waals surface area contributed by atoms with Crippen LogP contribution in [0.15, 0.2) is 106 Å². The van der Waals surface area contributed by atoms with Crippen LogP contribution < -0.4 is 0 Å². The fourth-order valence-electron chi connectivity index (χ4n) is 2.00. The van der Waals surface area contributed by atoms with Crippen molar-refractivity contribution >= 4 is 59.4 Å². The second kappa shape index (κ2) is 20.8. The lowest BCUT2D eigenvalue weighted by Gasteiger charge is -2.13. The van der Waals surface area contributed by atoms with Crippen LogP contribution in [0.25, 0.3) is 0 Å². The molecule has 3 rings (SSSR count). The van der Waals surface area contributed by atoms with Crippen molar-refractivity contribution in [3.63, 3.8) is 0 Å². The number of alkyl halides is 2. The van der Waals surface area contributed by atoms with Crippen molar-refractivity contribution in [2.45, 2.75) is 32.7 Å². The number of thiol groups is 1. The molecule has 2 atom stereocenters. The van der Waals surface area contributed by atoms with Gasteiger partial charge in [-0.25, -0.2) is 0 Å². The lowest BCUT2D eigenvalue weighted by molar-refractivity contribution is 0.299. The number of hydrogen-bond acceptors (Lipinski definition) is 5. The predicted molar refractivity (Wildman–Crippen MR) is 148 cm³/mol. The van der Waals surface area contributed by atoms with Gasteiger partial charge in [0, 0.05) is 31.6 Å². The largest absolute Gasteiger partial charge is 0.395 e. The summed E-state index contributed by atoms with van der Waals surface area (Å²) in [5.41, 5.74) is 0. The first kappa shape index (κ1) is 31.2. The molecule has 0 heterocycles. The maximum absolute atomic E-state index is 9.43. The van der Waals surface area contributed by atoms with E-state index in [1.807, 2.05) is 66.7 Å². The van der Waals surface area contributed by atoms with Crippen molar-refractivity contribution in [3.8, 4) is 0 Å². The Hall–Kier alpha value is -0.790. The maximum atomic E-state index is 9.43. The van der Waals surface area contributed by atoms with Crippen LogP contribution in [0, 0.1) is 0 Å². The van der Waals surface area contributed by atoms with Crippen LogP contribution in [0.5, 0.6) is 0 Å². The van der Waals surface area contributed by atoms with Gasteiger partial charge in [-0.1, -0.05) is 62.0 Å². The van der Waals surface area contributed by atoms with Crippen LogP contribution in [0.1, 0.15) is 7.43 Å². The minimum atomic E-state index is -0.272. The van der Waals surface area contributed by atoms with Gasteiger partial charge in [-0.05, 0) is 36.4 Å². The lowest BCUT2D eigenvalue weighted by Crippen LogP contribution is -2.11. The van der Waals surface area contributed by atoms with Crippen LogP contribution in [-0.4, -0.2) is 45.7 Å². The van der Waals surface area contributed by atoms with Crippen molar-refractivity contribution in [2.24, 2.45) is 0 Å². The third-order valence-corrected chi connectivity index (χ3v) is 7.25. The molecule has 7 heteroatoms. The van der Waals surface area contributed by atoms with Gasteiger partial charge < -0.3 is 10.2 Å². The molecule has 0 aromatic heterocycles. The molecule has 0 saturated heterocycles. The second-order valence-corrected chi connectivity index (χ2v) is 10.0. The summed E-state index contributed by atoms with van der Waals surface area (Å²) < 4.78 is 0. The molecule has 2 nitrogen and oxygen atoms in total. The molecular weight excluding hydrogens is 499 g/mol. The summed E-state index contributed by atoms with van der Waals surface area (Å²) in [7, 11) is 0. The van der Waals surface area contributed by atoms with Crippen LogP contribution in [0.3, 0.4) is 0 Å². The van der Waals surface area contributed by atoms with Gasteiger partial charge in [0.15, 0.2) is 0 Å². The van der Waals surface area contributed by atoms with E-state index in [9.17, 15) is 5.11 Å². The van der Waals surface area contributed by atoms with E-state index in [4.69, 9.17) is 28.3 Å². The van der Waals surface area contributed by atoms with E-state index in [1.165, 1.54) is 9.79 Å². The predicted octanol–water partition coefficient (Wildman–Crippen LogP) is 7.37. The van der Waals surface area contributed by atoms with E-state index in [1.54, 1.807) is 23.5 Å². The highest BCUT2D eigenvalue weighted by Crippen LogP contribution is 2.28. The lowest BCUT2D eigenvalue weighted by atomic mass is 10.4. The molecule has 0 aliphatic carbocycles. The number of benzene rings is 3. The molecule has 2 N–H and O–H groups in total. The van der Waals surface area contributed by atoms with Gasteiger partial charge in [0.1, 0.15) is 0 Å². The summed E-state index contributed by atoms with van der Waals surface area (Å²) in [6, 6.07) is 30.3. The number of hydrogen-bond donors (Lipinski definition) is 3. The first-order chi connectivity index (χ1) is 15.1. The van der Waals surface area contributed by atoms with Crippen molar-refractivity contribution in [2.75, 3.05) is 24.8 Å². The van der Waals surface area contributed by atoms with Crippen molar-refractivity contribution in [1.82, 2.24) is 0 Å². The van der Waals surface area contributed by atoms with E-state index in [0.717, 1.165) is 10.6 Å². The topological polar surface area (TPSA) is 40.5 Å². The number of rotatable bonds is 8. The molecule has 0 saturated carbocycles. The third-order valence-electron chi connectivity index (χ3n) is 3.55. The van der Waals surface area contributed by atoms with Gasteiger partial charge in [0.2, 0.25) is 0 Å². The molecule has 2 unspecified atom stereocenters. The second-order valence-electron chi connectivity index (χ2n) is 6.13. The zero-order valence-electron chi connectivity index (χ0n) is 17.1. The Morgan fingerprint density at radius 3 is 1.56 bits per heavy atom.